The van der Waals surface area contributed by atoms with Crippen molar-refractivity contribution in [2.75, 3.05) is 39.5 Å². The summed E-state index contributed by atoms with van der Waals surface area (Å²) in [5.41, 5.74) is 1.29. The molecule has 1 atom stereocenters. The van der Waals surface area contributed by atoms with Crippen LogP contribution < -0.4 is 24.6 Å². The van der Waals surface area contributed by atoms with Crippen LogP contribution in [0.15, 0.2) is 18.2 Å². The maximum absolute atomic E-state index is 12.2. The number of carbonyl (C=O) groups is 1. The summed E-state index contributed by atoms with van der Waals surface area (Å²) < 4.78 is 10.8. The number of hydrogen-bond acceptors (Lipinski definition) is 3. The molecule has 3 N–H and O–H groups in total. The van der Waals surface area contributed by atoms with Gasteiger partial charge in [-0.05, 0) is 43.9 Å². The summed E-state index contributed by atoms with van der Waals surface area (Å²) in [6, 6.07) is 6.59. The molecular weight excluding hydrogens is 318 g/mol. The number of piperazine rings is 1. The molecule has 1 aromatic rings. The molecule has 0 aromatic heterocycles. The first kappa shape index (κ1) is 16.7. The van der Waals surface area contributed by atoms with Crippen LogP contribution in [0.4, 0.5) is 0 Å². The Morgan fingerprint density at radius 2 is 1.88 bits per heavy atom. The van der Waals surface area contributed by atoms with Gasteiger partial charge in [0, 0.05) is 11.6 Å². The Labute approximate surface area is 149 Å². The zero-order valence-electron chi connectivity index (χ0n) is 15.0. The fourth-order valence-corrected chi connectivity index (χ4v) is 3.90. The van der Waals surface area contributed by atoms with Crippen LogP contribution in [0.25, 0.3) is 0 Å². The van der Waals surface area contributed by atoms with E-state index < -0.39 is 0 Å². The molecule has 0 spiro atoms. The van der Waals surface area contributed by atoms with Crippen LogP contribution in [0.5, 0.6) is 11.5 Å². The molecule has 0 bridgehead atoms. The molecular formula is C19H29N3O3+2. The van der Waals surface area contributed by atoms with E-state index in [9.17, 15) is 4.79 Å². The van der Waals surface area contributed by atoms with Gasteiger partial charge in [0.15, 0.2) is 18.0 Å². The third kappa shape index (κ3) is 4.25. The maximum Gasteiger partial charge on any atom is 0.275 e. The summed E-state index contributed by atoms with van der Waals surface area (Å²) in [7, 11) is 0. The molecule has 2 fully saturated rings. The van der Waals surface area contributed by atoms with Crippen LogP contribution in [0.1, 0.15) is 25.3 Å². The van der Waals surface area contributed by atoms with E-state index in [1.165, 1.54) is 23.3 Å². The highest BCUT2D eigenvalue weighted by Crippen LogP contribution is 2.32. The first-order chi connectivity index (χ1) is 12.2. The smallest absolute Gasteiger partial charge is 0.275 e. The number of hydrogen-bond donors (Lipinski definition) is 3. The largest absolute Gasteiger partial charge is 0.454 e. The van der Waals surface area contributed by atoms with Gasteiger partial charge < -0.3 is 24.6 Å². The van der Waals surface area contributed by atoms with Crippen molar-refractivity contribution in [3.05, 3.63) is 23.8 Å². The molecule has 0 radical (unpaired) electrons. The fourth-order valence-electron chi connectivity index (χ4n) is 3.90. The van der Waals surface area contributed by atoms with Gasteiger partial charge in [0.1, 0.15) is 32.7 Å². The van der Waals surface area contributed by atoms with Gasteiger partial charge in [-0.15, -0.1) is 0 Å². The van der Waals surface area contributed by atoms with Crippen molar-refractivity contribution in [3.63, 3.8) is 0 Å². The third-order valence-corrected chi connectivity index (χ3v) is 5.68. The first-order valence-corrected chi connectivity index (χ1v) is 9.52. The van der Waals surface area contributed by atoms with Crippen molar-refractivity contribution in [3.8, 4) is 11.5 Å². The molecule has 2 heterocycles. The Kier molecular flexibility index (Phi) is 4.81. The highest BCUT2D eigenvalue weighted by atomic mass is 16.7. The second-order valence-corrected chi connectivity index (χ2v) is 7.73. The fraction of sp³-hybridized carbons (Fsp3) is 0.632. The van der Waals surface area contributed by atoms with Crippen LogP contribution in [0.3, 0.4) is 0 Å². The monoisotopic (exact) mass is 347 g/mol. The molecule has 2 aliphatic heterocycles. The lowest BCUT2D eigenvalue weighted by Crippen LogP contribution is -3.28. The summed E-state index contributed by atoms with van der Waals surface area (Å²) in [6.07, 6.45) is 2.55. The molecule has 1 aliphatic carbocycles. The van der Waals surface area contributed by atoms with Crippen molar-refractivity contribution in [1.29, 1.82) is 0 Å². The molecule has 0 unspecified atom stereocenters. The van der Waals surface area contributed by atoms with E-state index >= 15 is 0 Å². The molecule has 1 aromatic carbocycles. The minimum Gasteiger partial charge on any atom is -0.454 e. The molecule has 4 rings (SSSR count). The molecule has 3 aliphatic rings. The van der Waals surface area contributed by atoms with Crippen LogP contribution >= 0.6 is 0 Å². The number of fused-ring (bicyclic) bond motifs is 1. The van der Waals surface area contributed by atoms with Crippen LogP contribution in [0.2, 0.25) is 0 Å². The molecule has 136 valence electrons. The number of nitrogens with one attached hydrogen (secondary N) is 3. The molecule has 6 nitrogen and oxygen atoms in total. The first-order valence-electron chi connectivity index (χ1n) is 9.52. The van der Waals surface area contributed by atoms with E-state index in [4.69, 9.17) is 9.47 Å². The predicted molar refractivity (Wildman–Crippen MR) is 92.9 cm³/mol. The Hall–Kier alpha value is -1.79. The average Bonchev–Trinajstić information content (AvgIpc) is 3.35. The highest BCUT2D eigenvalue weighted by Gasteiger charge is 2.30. The van der Waals surface area contributed by atoms with Gasteiger partial charge >= 0.3 is 0 Å². The van der Waals surface area contributed by atoms with Gasteiger partial charge in [-0.1, -0.05) is 0 Å². The quantitative estimate of drug-likeness (QED) is 0.594. The summed E-state index contributed by atoms with van der Waals surface area (Å²) >= 11 is 0. The van der Waals surface area contributed by atoms with Gasteiger partial charge in [-0.25, -0.2) is 0 Å². The second kappa shape index (κ2) is 7.22. The minimum atomic E-state index is 0.216. The van der Waals surface area contributed by atoms with Gasteiger partial charge in [-0.3, -0.25) is 4.79 Å². The van der Waals surface area contributed by atoms with E-state index in [0.717, 1.165) is 50.1 Å². The predicted octanol–water partition coefficient (Wildman–Crippen LogP) is -1.39. The summed E-state index contributed by atoms with van der Waals surface area (Å²) in [4.78, 5) is 15.2. The lowest BCUT2D eigenvalue weighted by molar-refractivity contribution is -1.02. The lowest BCUT2D eigenvalue weighted by atomic mass is 10.1. The SMILES string of the molecule is C[C@H](NC(=O)C[NH+]1CC[NH+](Cc2ccc3c(c2)OCO3)CC1)C1CC1. The van der Waals surface area contributed by atoms with Gasteiger partial charge in [0.2, 0.25) is 6.79 Å². The Balaban J connectivity index is 1.21. The minimum absolute atomic E-state index is 0.216. The number of quaternary nitrogens is 2. The zero-order chi connectivity index (χ0) is 17.2. The zero-order valence-corrected chi connectivity index (χ0v) is 15.0. The number of benzene rings is 1. The van der Waals surface area contributed by atoms with Crippen molar-refractivity contribution < 1.29 is 24.1 Å². The number of carbonyl (C=O) groups excluding carboxylic acids is 1. The van der Waals surface area contributed by atoms with Crippen molar-refractivity contribution >= 4 is 5.91 Å². The Morgan fingerprint density at radius 3 is 2.64 bits per heavy atom. The molecule has 1 saturated heterocycles. The van der Waals surface area contributed by atoms with Crippen LogP contribution in [-0.4, -0.2) is 51.5 Å². The van der Waals surface area contributed by atoms with Crippen LogP contribution in [-0.2, 0) is 11.3 Å². The Morgan fingerprint density at radius 1 is 1.16 bits per heavy atom. The topological polar surface area (TPSA) is 56.4 Å². The van der Waals surface area contributed by atoms with E-state index in [1.807, 2.05) is 6.07 Å². The average molecular weight is 347 g/mol. The van der Waals surface area contributed by atoms with Gasteiger partial charge in [0.05, 0.1) is 0 Å². The van der Waals surface area contributed by atoms with E-state index in [2.05, 4.69) is 24.4 Å². The van der Waals surface area contributed by atoms with Gasteiger partial charge in [0.25, 0.3) is 5.91 Å². The van der Waals surface area contributed by atoms with Crippen molar-refractivity contribution in [1.82, 2.24) is 5.32 Å². The number of amides is 1. The highest BCUT2D eigenvalue weighted by molar-refractivity contribution is 5.77. The lowest BCUT2D eigenvalue weighted by Gasteiger charge is -2.29. The van der Waals surface area contributed by atoms with Crippen molar-refractivity contribution in [2.24, 2.45) is 5.92 Å². The number of ether oxygens (including phenoxy) is 2. The van der Waals surface area contributed by atoms with Gasteiger partial charge in [-0.2, -0.15) is 0 Å². The molecule has 6 heteroatoms. The molecule has 1 amide bonds. The summed E-state index contributed by atoms with van der Waals surface area (Å²) in [5, 5.41) is 3.17. The summed E-state index contributed by atoms with van der Waals surface area (Å²) in [5.74, 6) is 2.65. The molecule has 1 saturated carbocycles. The summed E-state index contributed by atoms with van der Waals surface area (Å²) in [6.45, 7) is 8.43. The van der Waals surface area contributed by atoms with E-state index in [0.29, 0.717) is 19.4 Å². The maximum atomic E-state index is 12.2. The van der Waals surface area contributed by atoms with Crippen LogP contribution in [0, 0.1) is 5.92 Å². The number of rotatable bonds is 6. The third-order valence-electron chi connectivity index (χ3n) is 5.68. The second-order valence-electron chi connectivity index (χ2n) is 7.73. The van der Waals surface area contributed by atoms with E-state index in [-0.39, 0.29) is 5.91 Å². The Bertz CT molecular complexity index is 624. The molecule has 25 heavy (non-hydrogen) atoms. The normalized spacial score (nSPS) is 26.3. The van der Waals surface area contributed by atoms with Crippen molar-refractivity contribution in [2.45, 2.75) is 32.4 Å². The standard InChI is InChI=1S/C19H27N3O3/c1-14(16-3-4-16)20-19(23)12-22-8-6-21(7-9-22)11-15-2-5-17-18(10-15)25-13-24-17/h2,5,10,14,16H,3-4,6-9,11-13H2,1H3,(H,20,23)/p+2/t14-/m0/s1. The van der Waals surface area contributed by atoms with E-state index in [1.54, 1.807) is 4.90 Å².